The molecule has 22 heavy (non-hydrogen) atoms. The van der Waals surface area contributed by atoms with Gasteiger partial charge in [0.1, 0.15) is 11.6 Å². The highest BCUT2D eigenvalue weighted by atomic mass is 16.6. The lowest BCUT2D eigenvalue weighted by molar-refractivity contribution is -0.385. The summed E-state index contributed by atoms with van der Waals surface area (Å²) in [5, 5.41) is 29.3. The molecule has 0 amide bonds. The molecule has 1 atom stereocenters. The molecule has 0 aliphatic carbocycles. The number of aliphatic hydroxyl groups excluding tert-OH is 1. The van der Waals surface area contributed by atoms with Crippen LogP contribution in [0.25, 0.3) is 0 Å². The number of aliphatic hydroxyl groups is 1. The van der Waals surface area contributed by atoms with Crippen molar-refractivity contribution < 1.29 is 10.0 Å². The molecule has 0 saturated carbocycles. The zero-order valence-electron chi connectivity index (χ0n) is 12.6. The first-order valence-electron chi connectivity index (χ1n) is 7.39. The Morgan fingerprint density at radius 3 is 2.59 bits per heavy atom. The molecule has 2 rings (SSSR count). The monoisotopic (exact) mass is 304 g/mol. The summed E-state index contributed by atoms with van der Waals surface area (Å²) in [6.45, 7) is 5.43. The SMILES string of the molecule is CC[C@H](CO)N1CCN(c2ccc([N+](=O)[O-])c(C#N)c2)CC1. The highest BCUT2D eigenvalue weighted by molar-refractivity contribution is 5.60. The maximum atomic E-state index is 10.9. The first kappa shape index (κ1) is 16.2. The quantitative estimate of drug-likeness (QED) is 0.652. The summed E-state index contributed by atoms with van der Waals surface area (Å²) in [4.78, 5) is 14.7. The van der Waals surface area contributed by atoms with Crippen molar-refractivity contribution >= 4 is 11.4 Å². The van der Waals surface area contributed by atoms with E-state index in [2.05, 4.69) is 16.7 Å². The van der Waals surface area contributed by atoms with Gasteiger partial charge in [0.15, 0.2) is 0 Å². The number of benzene rings is 1. The van der Waals surface area contributed by atoms with Gasteiger partial charge in [-0.3, -0.25) is 15.0 Å². The number of hydrogen-bond acceptors (Lipinski definition) is 6. The van der Waals surface area contributed by atoms with Gasteiger partial charge >= 0.3 is 0 Å². The second-order valence-corrected chi connectivity index (χ2v) is 5.34. The van der Waals surface area contributed by atoms with E-state index in [0.29, 0.717) is 0 Å². The van der Waals surface area contributed by atoms with Gasteiger partial charge in [0, 0.05) is 44.0 Å². The summed E-state index contributed by atoms with van der Waals surface area (Å²) < 4.78 is 0. The van der Waals surface area contributed by atoms with Gasteiger partial charge in [-0.1, -0.05) is 6.92 Å². The summed E-state index contributed by atoms with van der Waals surface area (Å²) in [5.41, 5.74) is 0.766. The molecule has 1 aromatic carbocycles. The van der Waals surface area contributed by atoms with Crippen molar-refractivity contribution in [1.82, 2.24) is 4.90 Å². The molecule has 0 bridgehead atoms. The van der Waals surface area contributed by atoms with E-state index in [1.807, 2.05) is 6.07 Å². The van der Waals surface area contributed by atoms with Crippen LogP contribution in [0.2, 0.25) is 0 Å². The number of rotatable bonds is 5. The summed E-state index contributed by atoms with van der Waals surface area (Å²) in [7, 11) is 0. The van der Waals surface area contributed by atoms with Crippen LogP contribution in [0.3, 0.4) is 0 Å². The lowest BCUT2D eigenvalue weighted by atomic mass is 10.1. The highest BCUT2D eigenvalue weighted by Crippen LogP contribution is 2.25. The van der Waals surface area contributed by atoms with Crippen LogP contribution in [0.5, 0.6) is 0 Å². The molecule has 1 saturated heterocycles. The zero-order valence-corrected chi connectivity index (χ0v) is 12.6. The maximum absolute atomic E-state index is 10.9. The third-order valence-electron chi connectivity index (χ3n) is 4.18. The van der Waals surface area contributed by atoms with Crippen LogP contribution in [0.1, 0.15) is 18.9 Å². The number of nitriles is 1. The predicted octanol–water partition coefficient (Wildman–Crippen LogP) is 1.36. The molecule has 1 N–H and O–H groups in total. The first-order valence-corrected chi connectivity index (χ1v) is 7.39. The van der Waals surface area contributed by atoms with Crippen LogP contribution in [0.4, 0.5) is 11.4 Å². The van der Waals surface area contributed by atoms with E-state index in [9.17, 15) is 15.2 Å². The normalized spacial score (nSPS) is 17.0. The van der Waals surface area contributed by atoms with E-state index >= 15 is 0 Å². The average Bonchev–Trinajstić information content (AvgIpc) is 2.56. The Balaban J connectivity index is 2.09. The summed E-state index contributed by atoms with van der Waals surface area (Å²) >= 11 is 0. The van der Waals surface area contributed by atoms with Crippen molar-refractivity contribution in [2.75, 3.05) is 37.7 Å². The van der Waals surface area contributed by atoms with Gasteiger partial charge < -0.3 is 10.0 Å². The number of piperazine rings is 1. The van der Waals surface area contributed by atoms with Gasteiger partial charge in [0.2, 0.25) is 0 Å². The lowest BCUT2D eigenvalue weighted by Crippen LogP contribution is -2.51. The van der Waals surface area contributed by atoms with E-state index < -0.39 is 4.92 Å². The first-order chi connectivity index (χ1) is 10.6. The lowest BCUT2D eigenvalue weighted by Gasteiger charge is -2.39. The molecule has 0 radical (unpaired) electrons. The van der Waals surface area contributed by atoms with E-state index in [1.165, 1.54) is 6.07 Å². The maximum Gasteiger partial charge on any atom is 0.287 e. The Morgan fingerprint density at radius 1 is 1.41 bits per heavy atom. The molecular weight excluding hydrogens is 284 g/mol. The largest absolute Gasteiger partial charge is 0.395 e. The minimum atomic E-state index is -0.534. The molecule has 0 unspecified atom stereocenters. The van der Waals surface area contributed by atoms with Crippen molar-refractivity contribution in [2.45, 2.75) is 19.4 Å². The van der Waals surface area contributed by atoms with Gasteiger partial charge in [-0.05, 0) is 18.6 Å². The van der Waals surface area contributed by atoms with Crippen molar-refractivity contribution in [1.29, 1.82) is 5.26 Å². The molecule has 118 valence electrons. The number of anilines is 1. The number of nitro benzene ring substituents is 1. The Labute approximate surface area is 129 Å². The summed E-state index contributed by atoms with van der Waals surface area (Å²) in [6.07, 6.45) is 0.909. The fraction of sp³-hybridized carbons (Fsp3) is 0.533. The molecular formula is C15H20N4O3. The van der Waals surface area contributed by atoms with Crippen LogP contribution in [0.15, 0.2) is 18.2 Å². The number of nitrogens with zero attached hydrogens (tertiary/aromatic N) is 4. The third kappa shape index (κ3) is 3.35. The minimum absolute atomic E-state index is 0.0896. The van der Waals surface area contributed by atoms with Gasteiger partial charge in [0.25, 0.3) is 5.69 Å². The van der Waals surface area contributed by atoms with Gasteiger partial charge in [-0.15, -0.1) is 0 Å². The summed E-state index contributed by atoms with van der Waals surface area (Å²) in [5.74, 6) is 0. The highest BCUT2D eigenvalue weighted by Gasteiger charge is 2.23. The molecule has 1 fully saturated rings. The Kier molecular flexibility index (Phi) is 5.31. The second-order valence-electron chi connectivity index (χ2n) is 5.34. The van der Waals surface area contributed by atoms with Gasteiger partial charge in [0.05, 0.1) is 11.5 Å². The van der Waals surface area contributed by atoms with E-state index in [4.69, 9.17) is 5.26 Å². The Bertz CT molecular complexity index is 573. The van der Waals surface area contributed by atoms with Crippen molar-refractivity contribution in [3.8, 4) is 6.07 Å². The number of hydrogen-bond donors (Lipinski definition) is 1. The second kappa shape index (κ2) is 7.20. The van der Waals surface area contributed by atoms with E-state index in [0.717, 1.165) is 38.3 Å². The fourth-order valence-corrected chi connectivity index (χ4v) is 2.82. The van der Waals surface area contributed by atoms with Crippen LogP contribution >= 0.6 is 0 Å². The smallest absolute Gasteiger partial charge is 0.287 e. The molecule has 0 spiro atoms. The molecule has 1 aliphatic heterocycles. The Hall–Kier alpha value is -2.17. The van der Waals surface area contributed by atoms with Gasteiger partial charge in [-0.25, -0.2) is 0 Å². The van der Waals surface area contributed by atoms with Crippen LogP contribution < -0.4 is 4.90 Å². The fourth-order valence-electron chi connectivity index (χ4n) is 2.82. The zero-order chi connectivity index (χ0) is 16.1. The third-order valence-corrected chi connectivity index (χ3v) is 4.18. The van der Waals surface area contributed by atoms with Crippen LogP contribution in [-0.4, -0.2) is 53.8 Å². The van der Waals surface area contributed by atoms with Crippen molar-refractivity contribution in [3.05, 3.63) is 33.9 Å². The standard InChI is InChI=1S/C15H20N4O3/c1-2-13(11-20)17-5-7-18(8-6-17)14-3-4-15(19(21)22)12(9-14)10-16/h3-4,9,13,20H,2,5-8,11H2,1H3/t13-/m1/s1. The molecule has 0 aromatic heterocycles. The molecule has 7 heteroatoms. The topological polar surface area (TPSA) is 93.6 Å². The Morgan fingerprint density at radius 2 is 2.09 bits per heavy atom. The minimum Gasteiger partial charge on any atom is -0.395 e. The molecule has 1 aliphatic rings. The molecule has 7 nitrogen and oxygen atoms in total. The average molecular weight is 304 g/mol. The molecule has 1 aromatic rings. The summed E-state index contributed by atoms with van der Waals surface area (Å²) in [6, 6.07) is 6.74. The van der Waals surface area contributed by atoms with E-state index in [-0.39, 0.29) is 23.9 Å². The van der Waals surface area contributed by atoms with Crippen molar-refractivity contribution in [3.63, 3.8) is 0 Å². The number of nitro groups is 1. The predicted molar refractivity (Wildman–Crippen MR) is 82.8 cm³/mol. The molecule has 1 heterocycles. The van der Waals surface area contributed by atoms with Crippen LogP contribution in [0, 0.1) is 21.4 Å². The van der Waals surface area contributed by atoms with Crippen LogP contribution in [-0.2, 0) is 0 Å². The van der Waals surface area contributed by atoms with Crippen molar-refractivity contribution in [2.24, 2.45) is 0 Å². The van der Waals surface area contributed by atoms with E-state index in [1.54, 1.807) is 12.1 Å². The van der Waals surface area contributed by atoms with Gasteiger partial charge in [-0.2, -0.15) is 5.26 Å².